The van der Waals surface area contributed by atoms with E-state index in [0.29, 0.717) is 34.2 Å². The molecule has 0 radical (unpaired) electrons. The highest BCUT2D eigenvalue weighted by Crippen LogP contribution is 2.33. The van der Waals surface area contributed by atoms with Gasteiger partial charge in [0, 0.05) is 11.1 Å². The lowest BCUT2D eigenvalue weighted by molar-refractivity contribution is 0.0600. The molecule has 1 N–H and O–H groups in total. The molecule has 0 atom stereocenters. The first kappa shape index (κ1) is 20.3. The van der Waals surface area contributed by atoms with Crippen molar-refractivity contribution in [2.24, 2.45) is 0 Å². The van der Waals surface area contributed by atoms with Gasteiger partial charge in [-0.25, -0.2) is 19.7 Å². The number of carbonyl (C=O) groups excluding carboxylic acids is 1. The molecule has 1 aromatic heterocycles. The highest BCUT2D eigenvalue weighted by atomic mass is 16.5. The average Bonchev–Trinajstić information content (AvgIpc) is 2.88. The summed E-state index contributed by atoms with van der Waals surface area (Å²) in [5.74, 6) is 0.956. The summed E-state index contributed by atoms with van der Waals surface area (Å²) in [7, 11) is 1.34. The number of rotatable bonds is 4. The van der Waals surface area contributed by atoms with Crippen molar-refractivity contribution in [2.45, 2.75) is 0 Å². The van der Waals surface area contributed by atoms with Gasteiger partial charge in [0.2, 0.25) is 0 Å². The summed E-state index contributed by atoms with van der Waals surface area (Å²) in [6.07, 6.45) is 0. The number of phenols is 1. The molecular formula is C27H19N3O3. The molecule has 0 bridgehead atoms. The van der Waals surface area contributed by atoms with Crippen LogP contribution in [0.15, 0.2) is 91.0 Å². The fourth-order valence-electron chi connectivity index (χ4n) is 3.62. The number of benzene rings is 4. The number of esters is 1. The van der Waals surface area contributed by atoms with Crippen molar-refractivity contribution in [3.05, 3.63) is 96.6 Å². The van der Waals surface area contributed by atoms with Gasteiger partial charge in [-0.15, -0.1) is 0 Å². The lowest BCUT2D eigenvalue weighted by atomic mass is 10.0. The fraction of sp³-hybridized carbons (Fsp3) is 0.0370. The van der Waals surface area contributed by atoms with Crippen molar-refractivity contribution < 1.29 is 14.6 Å². The van der Waals surface area contributed by atoms with Gasteiger partial charge in [0.25, 0.3) is 0 Å². The standard InChI is InChI=1S/C27H19N3O3/c1-33-27(32)19-13-11-18(12-14-19)25-28-24(17-7-3-2-4-8-17)29-26(30-25)22-15-20-9-5-6-10-21(20)16-23(22)31/h2-16,31H,1H3. The van der Waals surface area contributed by atoms with E-state index in [4.69, 9.17) is 4.74 Å². The van der Waals surface area contributed by atoms with Crippen LogP contribution < -0.4 is 0 Å². The van der Waals surface area contributed by atoms with E-state index in [1.807, 2.05) is 60.7 Å². The zero-order valence-corrected chi connectivity index (χ0v) is 17.8. The minimum Gasteiger partial charge on any atom is -0.507 e. The Morgan fingerprint density at radius 2 is 1.24 bits per heavy atom. The summed E-state index contributed by atoms with van der Waals surface area (Å²) in [5.41, 5.74) is 2.49. The van der Waals surface area contributed by atoms with E-state index in [1.54, 1.807) is 30.3 Å². The third-order valence-electron chi connectivity index (χ3n) is 5.34. The summed E-state index contributed by atoms with van der Waals surface area (Å²) in [5, 5.41) is 12.7. The molecule has 5 aromatic rings. The number of carbonyl (C=O) groups is 1. The zero-order chi connectivity index (χ0) is 22.8. The quantitative estimate of drug-likeness (QED) is 0.376. The molecule has 0 aliphatic carbocycles. The molecular weight excluding hydrogens is 414 g/mol. The Morgan fingerprint density at radius 3 is 1.88 bits per heavy atom. The molecule has 0 saturated heterocycles. The van der Waals surface area contributed by atoms with Crippen molar-refractivity contribution in [2.75, 3.05) is 7.11 Å². The molecule has 1 heterocycles. The number of ether oxygens (including phenoxy) is 1. The molecule has 0 fully saturated rings. The summed E-state index contributed by atoms with van der Waals surface area (Å²) in [6.45, 7) is 0. The van der Waals surface area contributed by atoms with Gasteiger partial charge in [-0.1, -0.05) is 66.7 Å². The van der Waals surface area contributed by atoms with Gasteiger partial charge in [-0.05, 0) is 35.0 Å². The first-order valence-corrected chi connectivity index (χ1v) is 10.3. The van der Waals surface area contributed by atoms with Gasteiger partial charge < -0.3 is 9.84 Å². The summed E-state index contributed by atoms with van der Waals surface area (Å²) < 4.78 is 4.78. The van der Waals surface area contributed by atoms with Crippen molar-refractivity contribution in [3.63, 3.8) is 0 Å². The molecule has 0 spiro atoms. The average molecular weight is 433 g/mol. The van der Waals surface area contributed by atoms with Crippen molar-refractivity contribution >= 4 is 16.7 Å². The van der Waals surface area contributed by atoms with Crippen LogP contribution in [0, 0.1) is 0 Å². The SMILES string of the molecule is COC(=O)c1ccc(-c2nc(-c3ccccc3)nc(-c3cc4ccccc4cc3O)n2)cc1. The number of methoxy groups -OCH3 is 1. The molecule has 0 aliphatic heterocycles. The van der Waals surface area contributed by atoms with E-state index in [-0.39, 0.29) is 5.75 Å². The third-order valence-corrected chi connectivity index (χ3v) is 5.34. The maximum atomic E-state index is 11.8. The van der Waals surface area contributed by atoms with Crippen LogP contribution in [0.1, 0.15) is 10.4 Å². The van der Waals surface area contributed by atoms with Gasteiger partial charge in [0.1, 0.15) is 5.75 Å². The Bertz CT molecular complexity index is 1470. The van der Waals surface area contributed by atoms with Crippen LogP contribution in [0.2, 0.25) is 0 Å². The Labute approximate surface area is 190 Å². The lowest BCUT2D eigenvalue weighted by Crippen LogP contribution is -2.02. The van der Waals surface area contributed by atoms with Crippen LogP contribution in [-0.4, -0.2) is 33.1 Å². The molecule has 0 aliphatic rings. The number of nitrogens with zero attached hydrogens (tertiary/aromatic N) is 3. The second-order valence-electron chi connectivity index (χ2n) is 7.46. The highest BCUT2D eigenvalue weighted by Gasteiger charge is 2.16. The van der Waals surface area contributed by atoms with Crippen LogP contribution in [0.4, 0.5) is 0 Å². The number of hydrogen-bond acceptors (Lipinski definition) is 6. The maximum absolute atomic E-state index is 11.8. The van der Waals surface area contributed by atoms with Crippen LogP contribution >= 0.6 is 0 Å². The first-order chi connectivity index (χ1) is 16.1. The third kappa shape index (κ3) is 4.02. The zero-order valence-electron chi connectivity index (χ0n) is 17.8. The number of aromatic hydroxyl groups is 1. The smallest absolute Gasteiger partial charge is 0.337 e. The molecule has 0 unspecified atom stereocenters. The molecule has 5 rings (SSSR count). The second-order valence-corrected chi connectivity index (χ2v) is 7.46. The number of fused-ring (bicyclic) bond motifs is 1. The van der Waals surface area contributed by atoms with Crippen molar-refractivity contribution in [1.29, 1.82) is 0 Å². The van der Waals surface area contributed by atoms with Crippen LogP contribution in [0.5, 0.6) is 5.75 Å². The van der Waals surface area contributed by atoms with Gasteiger partial charge in [0.05, 0.1) is 18.2 Å². The predicted molar refractivity (Wildman–Crippen MR) is 127 cm³/mol. The molecule has 160 valence electrons. The van der Waals surface area contributed by atoms with Crippen LogP contribution in [0.3, 0.4) is 0 Å². The van der Waals surface area contributed by atoms with Crippen molar-refractivity contribution in [3.8, 4) is 39.9 Å². The van der Waals surface area contributed by atoms with Crippen LogP contribution in [0.25, 0.3) is 44.9 Å². The van der Waals surface area contributed by atoms with Gasteiger partial charge in [-0.2, -0.15) is 0 Å². The number of hydrogen-bond donors (Lipinski definition) is 1. The van der Waals surface area contributed by atoms with Gasteiger partial charge in [-0.3, -0.25) is 0 Å². The number of aromatic nitrogens is 3. The van der Waals surface area contributed by atoms with E-state index < -0.39 is 5.97 Å². The largest absolute Gasteiger partial charge is 0.507 e. The summed E-state index contributed by atoms with van der Waals surface area (Å²) >= 11 is 0. The molecule has 6 heteroatoms. The van der Waals surface area contributed by atoms with Crippen LogP contribution in [-0.2, 0) is 4.74 Å². The second kappa shape index (κ2) is 8.51. The molecule has 33 heavy (non-hydrogen) atoms. The van der Waals surface area contributed by atoms with E-state index in [9.17, 15) is 9.90 Å². The van der Waals surface area contributed by atoms with E-state index >= 15 is 0 Å². The summed E-state index contributed by atoms with van der Waals surface area (Å²) in [6, 6.07) is 27.8. The van der Waals surface area contributed by atoms with E-state index in [0.717, 1.165) is 16.3 Å². The molecule has 0 amide bonds. The monoisotopic (exact) mass is 433 g/mol. The topological polar surface area (TPSA) is 85.2 Å². The van der Waals surface area contributed by atoms with Crippen molar-refractivity contribution in [1.82, 2.24) is 15.0 Å². The highest BCUT2D eigenvalue weighted by molar-refractivity contribution is 5.90. The Kier molecular flexibility index (Phi) is 5.24. The molecule has 6 nitrogen and oxygen atoms in total. The minimum atomic E-state index is -0.413. The fourth-order valence-corrected chi connectivity index (χ4v) is 3.62. The van der Waals surface area contributed by atoms with Gasteiger partial charge in [0.15, 0.2) is 17.5 Å². The predicted octanol–water partition coefficient (Wildman–Crippen LogP) is 5.52. The van der Waals surface area contributed by atoms with E-state index in [1.165, 1.54) is 7.11 Å². The maximum Gasteiger partial charge on any atom is 0.337 e. The Morgan fingerprint density at radius 1 is 0.697 bits per heavy atom. The molecule has 0 saturated carbocycles. The summed E-state index contributed by atoms with van der Waals surface area (Å²) in [4.78, 5) is 25.8. The Balaban J connectivity index is 1.69. The van der Waals surface area contributed by atoms with Gasteiger partial charge >= 0.3 is 5.97 Å². The minimum absolute atomic E-state index is 0.0888. The molecule has 4 aromatic carbocycles. The normalized spacial score (nSPS) is 10.8. The Hall–Kier alpha value is -4.58. The number of phenolic OH excluding ortho intramolecular Hbond substituents is 1. The lowest BCUT2D eigenvalue weighted by Gasteiger charge is -2.10. The first-order valence-electron chi connectivity index (χ1n) is 10.3. The van der Waals surface area contributed by atoms with E-state index in [2.05, 4.69) is 15.0 Å².